The summed E-state index contributed by atoms with van der Waals surface area (Å²) >= 11 is 0. The smallest absolute Gasteiger partial charge is 0.390 e. The first-order valence-corrected chi connectivity index (χ1v) is 17.6. The zero-order valence-corrected chi connectivity index (χ0v) is 30.7. The second-order valence-electron chi connectivity index (χ2n) is 14.2. The minimum Gasteiger partial charge on any atom is -0.390 e. The fourth-order valence-electron chi connectivity index (χ4n) is 6.24. The van der Waals surface area contributed by atoms with Crippen LogP contribution in [0.3, 0.4) is 0 Å². The van der Waals surface area contributed by atoms with Crippen LogP contribution in [0.5, 0.6) is 0 Å². The first-order chi connectivity index (χ1) is 21.7. The van der Waals surface area contributed by atoms with Crippen molar-refractivity contribution in [2.24, 2.45) is 10.8 Å². The summed E-state index contributed by atoms with van der Waals surface area (Å²) in [5.74, 6) is 0. The van der Waals surface area contributed by atoms with E-state index in [1.54, 1.807) is 0 Å². The summed E-state index contributed by atoms with van der Waals surface area (Å²) in [7, 11) is -4.47. The summed E-state index contributed by atoms with van der Waals surface area (Å²) in [4.78, 5) is 0. The van der Waals surface area contributed by atoms with Crippen LogP contribution < -0.4 is 0 Å². The number of aliphatic hydroxyl groups excluding tert-OH is 2. The molecule has 0 spiro atoms. The minimum absolute atomic E-state index is 0.284. The Labute approximate surface area is 284 Å². The van der Waals surface area contributed by atoms with Crippen LogP contribution in [0, 0.1) is 10.8 Å². The molecule has 0 amide bonds. The highest BCUT2D eigenvalue weighted by Gasteiger charge is 2.40. The van der Waals surface area contributed by atoms with Crippen molar-refractivity contribution in [1.29, 1.82) is 0 Å². The molecule has 258 valence electrons. The summed E-state index contributed by atoms with van der Waals surface area (Å²) < 4.78 is 36.3. The molecular formula is C40H56O6S. The van der Waals surface area contributed by atoms with E-state index in [1.807, 2.05) is 65.8 Å². The highest BCUT2D eigenvalue weighted by atomic mass is 32.3. The second kappa shape index (κ2) is 17.4. The van der Waals surface area contributed by atoms with Crippen molar-refractivity contribution in [2.75, 3.05) is 0 Å². The van der Waals surface area contributed by atoms with E-state index in [1.165, 1.54) is 0 Å². The van der Waals surface area contributed by atoms with Crippen molar-refractivity contribution < 1.29 is 27.4 Å². The van der Waals surface area contributed by atoms with E-state index in [9.17, 15) is 18.6 Å². The Kier molecular flexibility index (Phi) is 14.8. The van der Waals surface area contributed by atoms with Crippen LogP contribution in [0.25, 0.3) is 0 Å². The molecule has 47 heavy (non-hydrogen) atoms. The number of rotatable bonds is 12. The van der Waals surface area contributed by atoms with Gasteiger partial charge in [0.25, 0.3) is 0 Å². The largest absolute Gasteiger partial charge is 0.397 e. The van der Waals surface area contributed by atoms with Gasteiger partial charge in [0.15, 0.2) is 0 Å². The molecule has 2 aliphatic rings. The van der Waals surface area contributed by atoms with E-state index >= 15 is 0 Å². The van der Waals surface area contributed by atoms with Gasteiger partial charge < -0.3 is 10.2 Å². The summed E-state index contributed by atoms with van der Waals surface area (Å²) in [6.07, 6.45) is 28.1. The Morgan fingerprint density at radius 3 is 1.60 bits per heavy atom. The second-order valence-corrected chi connectivity index (χ2v) is 15.2. The molecule has 0 aromatic carbocycles. The van der Waals surface area contributed by atoms with E-state index in [2.05, 4.69) is 88.5 Å². The van der Waals surface area contributed by atoms with E-state index in [0.717, 1.165) is 44.6 Å². The van der Waals surface area contributed by atoms with Gasteiger partial charge >= 0.3 is 10.4 Å². The Morgan fingerprint density at radius 1 is 0.702 bits per heavy atom. The molecule has 2 rings (SSSR count). The van der Waals surface area contributed by atoms with E-state index in [4.69, 9.17) is 8.74 Å². The molecule has 3 N–H and O–H groups in total. The van der Waals surface area contributed by atoms with Gasteiger partial charge in [-0.15, -0.1) is 0 Å². The SMILES string of the molecule is CC1=C(\C=C/C(C)=C\C=C\C(C)=C/C=C\C=C(C)/C=C\C=C(C)\C=C\C2=C(C)C[C@@H](O)[C@H](O)C2(C)C)C(C)(C)C[C@H](OS(=O)(=O)O)C1. The molecule has 6 nitrogen and oxygen atoms in total. The number of aliphatic hydroxyl groups is 2. The first kappa shape index (κ1) is 40.1. The molecule has 0 bridgehead atoms. The molecule has 7 heteroatoms. The van der Waals surface area contributed by atoms with Crippen molar-refractivity contribution in [2.45, 2.75) is 107 Å². The number of hydrogen-bond acceptors (Lipinski definition) is 5. The molecule has 0 heterocycles. The summed E-state index contributed by atoms with van der Waals surface area (Å²) in [5, 5.41) is 20.6. The van der Waals surface area contributed by atoms with Gasteiger partial charge in [-0.05, 0) is 77.4 Å². The van der Waals surface area contributed by atoms with Gasteiger partial charge in [-0.3, -0.25) is 4.55 Å². The normalized spacial score (nSPS) is 25.6. The van der Waals surface area contributed by atoms with Gasteiger partial charge in [0.05, 0.1) is 18.3 Å². The fourth-order valence-corrected chi connectivity index (χ4v) is 6.72. The lowest BCUT2D eigenvalue weighted by atomic mass is 9.69. The summed E-state index contributed by atoms with van der Waals surface area (Å²) in [6, 6.07) is 0. The van der Waals surface area contributed by atoms with Crippen LogP contribution in [0.1, 0.15) is 88.5 Å². The molecule has 2 aliphatic carbocycles. The minimum atomic E-state index is -4.47. The van der Waals surface area contributed by atoms with Gasteiger partial charge in [0, 0.05) is 5.41 Å². The highest BCUT2D eigenvalue weighted by molar-refractivity contribution is 7.80. The zero-order valence-electron chi connectivity index (χ0n) is 29.9. The molecule has 0 aliphatic heterocycles. The summed E-state index contributed by atoms with van der Waals surface area (Å²) in [5.41, 5.74) is 8.04. The van der Waals surface area contributed by atoms with Crippen LogP contribution >= 0.6 is 0 Å². The van der Waals surface area contributed by atoms with E-state index < -0.39 is 34.1 Å². The Hall–Kier alpha value is -3.07. The van der Waals surface area contributed by atoms with E-state index in [0.29, 0.717) is 19.3 Å². The maximum atomic E-state index is 11.2. The van der Waals surface area contributed by atoms with E-state index in [-0.39, 0.29) is 5.41 Å². The Balaban J connectivity index is 1.94. The third kappa shape index (κ3) is 13.2. The van der Waals surface area contributed by atoms with Crippen LogP contribution in [0.4, 0.5) is 0 Å². The fraction of sp³-hybridized carbons (Fsp3) is 0.450. The molecule has 0 radical (unpaired) electrons. The van der Waals surface area contributed by atoms with Gasteiger partial charge in [-0.1, -0.05) is 146 Å². The monoisotopic (exact) mass is 664 g/mol. The predicted octanol–water partition coefficient (Wildman–Crippen LogP) is 9.35. The average Bonchev–Trinajstić information content (AvgIpc) is 2.92. The lowest BCUT2D eigenvalue weighted by Crippen LogP contribution is -2.44. The lowest BCUT2D eigenvalue weighted by molar-refractivity contribution is -0.0439. The predicted molar refractivity (Wildman–Crippen MR) is 196 cm³/mol. The Morgan fingerprint density at radius 2 is 1.13 bits per heavy atom. The van der Waals surface area contributed by atoms with Crippen molar-refractivity contribution >= 4 is 10.4 Å². The zero-order chi connectivity index (χ0) is 35.6. The maximum absolute atomic E-state index is 11.2. The summed E-state index contributed by atoms with van der Waals surface area (Å²) in [6.45, 7) is 20.2. The first-order valence-electron chi connectivity index (χ1n) is 16.2. The van der Waals surface area contributed by atoms with Crippen molar-refractivity contribution in [3.8, 4) is 0 Å². The molecule has 0 unspecified atom stereocenters. The number of allylic oxidation sites excluding steroid dienone is 19. The molecule has 0 saturated heterocycles. The Bertz CT molecular complexity index is 1580. The van der Waals surface area contributed by atoms with Crippen LogP contribution in [-0.2, 0) is 14.6 Å². The van der Waals surface area contributed by atoms with Crippen molar-refractivity contribution in [3.63, 3.8) is 0 Å². The third-order valence-electron chi connectivity index (χ3n) is 8.78. The van der Waals surface area contributed by atoms with Gasteiger partial charge in [0.2, 0.25) is 0 Å². The number of hydrogen-bond donors (Lipinski definition) is 3. The third-order valence-corrected chi connectivity index (χ3v) is 9.30. The average molecular weight is 665 g/mol. The van der Waals surface area contributed by atoms with Gasteiger partial charge in [0.1, 0.15) is 0 Å². The van der Waals surface area contributed by atoms with Crippen LogP contribution in [0.15, 0.2) is 130 Å². The quantitative estimate of drug-likeness (QED) is 0.142. The molecule has 0 fully saturated rings. The van der Waals surface area contributed by atoms with Crippen molar-refractivity contribution in [3.05, 3.63) is 130 Å². The molecule has 0 saturated carbocycles. The van der Waals surface area contributed by atoms with Gasteiger partial charge in [-0.2, -0.15) is 8.42 Å². The standard InChI is InChI=1S/C40H56O6S/c1-28(17-13-19-30(3)21-23-35-32(5)25-34(27-39(35,7)8)46-47(43,44)45)15-11-12-16-29(2)18-14-20-31(4)22-24-36-33(6)26-37(41)38(42)40(36,9)10/h11-24,34,37-38,41-42H,25-27H2,1-10H3,(H,43,44,45)/b12-11-,17-13+,18-14-,23-21-,24-22+,28-15-,29-16-,30-19-,31-20+/t34-,37-,38+/m1/s1. The molecule has 0 aromatic rings. The van der Waals surface area contributed by atoms with Crippen LogP contribution in [0.2, 0.25) is 0 Å². The van der Waals surface area contributed by atoms with Crippen LogP contribution in [-0.4, -0.2) is 41.5 Å². The maximum Gasteiger partial charge on any atom is 0.397 e. The topological polar surface area (TPSA) is 104 Å². The van der Waals surface area contributed by atoms with Crippen molar-refractivity contribution in [1.82, 2.24) is 0 Å². The lowest BCUT2D eigenvalue weighted by Gasteiger charge is -2.40. The molecule has 0 aromatic heterocycles. The van der Waals surface area contributed by atoms with Gasteiger partial charge in [-0.25, -0.2) is 4.18 Å². The molecule has 3 atom stereocenters. The highest BCUT2D eigenvalue weighted by Crippen LogP contribution is 2.43. The molecular weight excluding hydrogens is 609 g/mol.